The number of aromatic nitrogens is 3. The Hall–Kier alpha value is -3.35. The molecule has 28 heavy (non-hydrogen) atoms. The van der Waals surface area contributed by atoms with Crippen LogP contribution in [-0.2, 0) is 6.42 Å². The SMILES string of the molecule is COc1ccc(Nc2cc(C)nc(N(C)CCc3ccncc3)n2)c(OC)c1. The van der Waals surface area contributed by atoms with E-state index in [9.17, 15) is 0 Å². The van der Waals surface area contributed by atoms with Crippen LogP contribution in [0.5, 0.6) is 11.5 Å². The fraction of sp³-hybridized carbons (Fsp3) is 0.286. The van der Waals surface area contributed by atoms with Crippen LogP contribution in [0.4, 0.5) is 17.5 Å². The van der Waals surface area contributed by atoms with E-state index in [1.54, 1.807) is 14.2 Å². The summed E-state index contributed by atoms with van der Waals surface area (Å²) in [6.45, 7) is 2.76. The molecule has 1 aromatic carbocycles. The minimum Gasteiger partial charge on any atom is -0.497 e. The molecule has 0 bridgehead atoms. The second kappa shape index (κ2) is 9.03. The third-order valence-electron chi connectivity index (χ3n) is 4.34. The highest BCUT2D eigenvalue weighted by atomic mass is 16.5. The minimum atomic E-state index is 0.670. The van der Waals surface area contributed by atoms with E-state index in [2.05, 4.69) is 20.3 Å². The Kier molecular flexibility index (Phi) is 6.26. The Bertz CT molecular complexity index is 918. The summed E-state index contributed by atoms with van der Waals surface area (Å²) in [7, 11) is 5.25. The zero-order valence-corrected chi connectivity index (χ0v) is 16.6. The monoisotopic (exact) mass is 379 g/mol. The number of pyridine rings is 1. The second-order valence-corrected chi connectivity index (χ2v) is 6.41. The maximum atomic E-state index is 5.45. The van der Waals surface area contributed by atoms with Gasteiger partial charge >= 0.3 is 0 Å². The molecule has 2 heterocycles. The second-order valence-electron chi connectivity index (χ2n) is 6.41. The minimum absolute atomic E-state index is 0.670. The van der Waals surface area contributed by atoms with Crippen LogP contribution in [0.15, 0.2) is 48.8 Å². The molecule has 3 rings (SSSR count). The van der Waals surface area contributed by atoms with E-state index in [4.69, 9.17) is 9.47 Å². The lowest BCUT2D eigenvalue weighted by atomic mass is 10.2. The Morgan fingerprint density at radius 3 is 2.50 bits per heavy atom. The van der Waals surface area contributed by atoms with Gasteiger partial charge in [-0.15, -0.1) is 0 Å². The largest absolute Gasteiger partial charge is 0.497 e. The summed E-state index contributed by atoms with van der Waals surface area (Å²) in [4.78, 5) is 15.3. The molecule has 0 saturated carbocycles. The van der Waals surface area contributed by atoms with Gasteiger partial charge in [-0.2, -0.15) is 4.98 Å². The average molecular weight is 379 g/mol. The van der Waals surface area contributed by atoms with Crippen molar-refractivity contribution in [2.75, 3.05) is 38.0 Å². The number of hydrogen-bond donors (Lipinski definition) is 1. The van der Waals surface area contributed by atoms with Gasteiger partial charge in [0, 0.05) is 43.8 Å². The highest BCUT2D eigenvalue weighted by Crippen LogP contribution is 2.31. The molecule has 0 aliphatic rings. The Morgan fingerprint density at radius 1 is 1.00 bits per heavy atom. The number of ether oxygens (including phenoxy) is 2. The van der Waals surface area contributed by atoms with Gasteiger partial charge in [0.05, 0.1) is 19.9 Å². The molecular weight excluding hydrogens is 354 g/mol. The predicted molar refractivity (Wildman–Crippen MR) is 111 cm³/mol. The Morgan fingerprint density at radius 2 is 1.79 bits per heavy atom. The smallest absolute Gasteiger partial charge is 0.227 e. The van der Waals surface area contributed by atoms with Gasteiger partial charge in [0.25, 0.3) is 0 Å². The summed E-state index contributed by atoms with van der Waals surface area (Å²) in [5.41, 5.74) is 2.93. The van der Waals surface area contributed by atoms with E-state index in [0.717, 1.165) is 30.1 Å². The van der Waals surface area contributed by atoms with E-state index < -0.39 is 0 Å². The van der Waals surface area contributed by atoms with Crippen LogP contribution < -0.4 is 19.7 Å². The summed E-state index contributed by atoms with van der Waals surface area (Å²) < 4.78 is 10.7. The van der Waals surface area contributed by atoms with Crippen LogP contribution in [0.2, 0.25) is 0 Å². The number of benzene rings is 1. The van der Waals surface area contributed by atoms with Crippen molar-refractivity contribution in [2.24, 2.45) is 0 Å². The number of hydrogen-bond acceptors (Lipinski definition) is 7. The van der Waals surface area contributed by atoms with Gasteiger partial charge in [0.1, 0.15) is 17.3 Å². The number of methoxy groups -OCH3 is 2. The number of nitrogens with one attached hydrogen (secondary N) is 1. The molecule has 0 spiro atoms. The molecule has 0 amide bonds. The van der Waals surface area contributed by atoms with Crippen molar-refractivity contribution in [1.29, 1.82) is 0 Å². The van der Waals surface area contributed by atoms with E-state index in [1.807, 2.05) is 67.7 Å². The standard InChI is InChI=1S/C21H25N5O2/c1-15-13-20(24-18-6-5-17(27-3)14-19(18)28-4)25-21(23-15)26(2)12-9-16-7-10-22-11-8-16/h5-8,10-11,13-14H,9,12H2,1-4H3,(H,23,24,25). The first-order valence-electron chi connectivity index (χ1n) is 9.04. The lowest BCUT2D eigenvalue weighted by Crippen LogP contribution is -2.23. The average Bonchev–Trinajstić information content (AvgIpc) is 2.72. The molecular formula is C21H25N5O2. The molecule has 1 N–H and O–H groups in total. The van der Waals surface area contributed by atoms with Gasteiger partial charge in [-0.1, -0.05) is 0 Å². The highest BCUT2D eigenvalue weighted by molar-refractivity contribution is 5.66. The third-order valence-corrected chi connectivity index (χ3v) is 4.34. The third kappa shape index (κ3) is 4.88. The quantitative estimate of drug-likeness (QED) is 0.641. The molecule has 7 heteroatoms. The molecule has 0 saturated heterocycles. The molecule has 7 nitrogen and oxygen atoms in total. The van der Waals surface area contributed by atoms with Gasteiger partial charge in [-0.05, 0) is 43.2 Å². The first kappa shape index (κ1) is 19.4. The predicted octanol–water partition coefficient (Wildman–Crippen LogP) is 3.62. The van der Waals surface area contributed by atoms with Crippen LogP contribution in [0.3, 0.4) is 0 Å². The van der Waals surface area contributed by atoms with E-state index in [1.165, 1.54) is 5.56 Å². The highest BCUT2D eigenvalue weighted by Gasteiger charge is 2.10. The molecule has 0 unspecified atom stereocenters. The van der Waals surface area contributed by atoms with Gasteiger partial charge in [-0.3, -0.25) is 4.98 Å². The van der Waals surface area contributed by atoms with Gasteiger partial charge in [-0.25, -0.2) is 4.98 Å². The van der Waals surface area contributed by atoms with Crippen molar-refractivity contribution in [2.45, 2.75) is 13.3 Å². The zero-order valence-electron chi connectivity index (χ0n) is 16.6. The van der Waals surface area contributed by atoms with Crippen LogP contribution in [0.1, 0.15) is 11.3 Å². The summed E-state index contributed by atoms with van der Waals surface area (Å²) in [5.74, 6) is 2.80. The Labute approximate surface area is 165 Å². The Balaban J connectivity index is 1.76. The van der Waals surface area contributed by atoms with Crippen molar-refractivity contribution in [3.05, 3.63) is 60.0 Å². The first-order chi connectivity index (χ1) is 13.6. The topological polar surface area (TPSA) is 72.4 Å². The normalized spacial score (nSPS) is 10.4. The summed E-state index contributed by atoms with van der Waals surface area (Å²) in [6.07, 6.45) is 4.51. The van der Waals surface area contributed by atoms with Gasteiger partial charge in [0.15, 0.2) is 0 Å². The maximum absolute atomic E-state index is 5.45. The van der Waals surface area contributed by atoms with Gasteiger partial charge < -0.3 is 19.7 Å². The van der Waals surface area contributed by atoms with Crippen LogP contribution >= 0.6 is 0 Å². The van der Waals surface area contributed by atoms with Crippen LogP contribution in [0.25, 0.3) is 0 Å². The molecule has 3 aromatic rings. The van der Waals surface area contributed by atoms with E-state index in [0.29, 0.717) is 17.5 Å². The fourth-order valence-corrected chi connectivity index (χ4v) is 2.77. The van der Waals surface area contributed by atoms with Crippen LogP contribution in [0, 0.1) is 6.92 Å². The maximum Gasteiger partial charge on any atom is 0.227 e. The molecule has 0 aliphatic carbocycles. The first-order valence-corrected chi connectivity index (χ1v) is 9.04. The van der Waals surface area contributed by atoms with Crippen LogP contribution in [-0.4, -0.2) is 42.8 Å². The van der Waals surface area contributed by atoms with Crippen molar-refractivity contribution in [3.8, 4) is 11.5 Å². The molecule has 146 valence electrons. The van der Waals surface area contributed by atoms with Crippen molar-refractivity contribution in [1.82, 2.24) is 15.0 Å². The number of aryl methyl sites for hydroxylation is 1. The molecule has 0 aliphatic heterocycles. The van der Waals surface area contributed by atoms with E-state index in [-0.39, 0.29) is 0 Å². The van der Waals surface area contributed by atoms with Gasteiger partial charge in [0.2, 0.25) is 5.95 Å². The molecule has 0 atom stereocenters. The zero-order chi connectivity index (χ0) is 19.9. The summed E-state index contributed by atoms with van der Waals surface area (Å²) in [5, 5.41) is 3.32. The molecule has 0 fully saturated rings. The molecule has 2 aromatic heterocycles. The summed E-state index contributed by atoms with van der Waals surface area (Å²) >= 11 is 0. The fourth-order valence-electron chi connectivity index (χ4n) is 2.77. The number of anilines is 3. The van der Waals surface area contributed by atoms with Crippen molar-refractivity contribution < 1.29 is 9.47 Å². The van der Waals surface area contributed by atoms with Crippen molar-refractivity contribution in [3.63, 3.8) is 0 Å². The van der Waals surface area contributed by atoms with E-state index >= 15 is 0 Å². The number of rotatable bonds is 8. The lowest BCUT2D eigenvalue weighted by Gasteiger charge is -2.19. The number of nitrogens with zero attached hydrogens (tertiary/aromatic N) is 4. The van der Waals surface area contributed by atoms with Crippen molar-refractivity contribution >= 4 is 17.5 Å². The number of likely N-dealkylation sites (N-methyl/N-ethyl adjacent to an activating group) is 1. The molecule has 0 radical (unpaired) electrons. The summed E-state index contributed by atoms with van der Waals surface area (Å²) in [6, 6.07) is 11.6. The lowest BCUT2D eigenvalue weighted by molar-refractivity contribution is 0.395.